The molecule has 84 heavy (non-hydrogen) atoms. The summed E-state index contributed by atoms with van der Waals surface area (Å²) >= 11 is 0. The van der Waals surface area contributed by atoms with Crippen LogP contribution in [-0.2, 0) is 26.3 Å². The van der Waals surface area contributed by atoms with Crippen molar-refractivity contribution < 1.29 is 15.3 Å². The van der Waals surface area contributed by atoms with Gasteiger partial charge in [-0.05, 0) is 115 Å². The fourth-order valence-corrected chi connectivity index (χ4v) is 7.23. The van der Waals surface area contributed by atoms with Gasteiger partial charge in [0.25, 0.3) is 0 Å². The normalized spacial score (nSPS) is 10.4. The van der Waals surface area contributed by atoms with Gasteiger partial charge in [0.05, 0.1) is 102 Å². The molecule has 1 atom stereocenters. The van der Waals surface area contributed by atoms with Crippen LogP contribution in [0.25, 0.3) is 44.3 Å². The summed E-state index contributed by atoms with van der Waals surface area (Å²) < 4.78 is 1.72. The first-order valence-electron chi connectivity index (χ1n) is 25.9. The largest absolute Gasteiger partial charge is 0.390 e. The Morgan fingerprint density at radius 2 is 0.988 bits per heavy atom. The van der Waals surface area contributed by atoms with Crippen molar-refractivity contribution in [1.29, 1.82) is 10.5 Å². The number of aromatic nitrogens is 11. The summed E-state index contributed by atoms with van der Waals surface area (Å²) in [7, 11) is 0. The summed E-state index contributed by atoms with van der Waals surface area (Å²) in [5.74, 6) is 3.86. The number of nitrogens with two attached hydrogens (primary N) is 2. The molecule has 0 radical (unpaired) electrons. The highest BCUT2D eigenvalue weighted by Gasteiger charge is 2.13. The van der Waals surface area contributed by atoms with Crippen LogP contribution in [-0.4, -0.2) is 70.2 Å². The Morgan fingerprint density at radius 3 is 1.46 bits per heavy atom. The van der Waals surface area contributed by atoms with Crippen molar-refractivity contribution in [1.82, 2.24) is 54.9 Å². The second-order valence-electron chi connectivity index (χ2n) is 18.9. The summed E-state index contributed by atoms with van der Waals surface area (Å²) in [4.78, 5) is 36.5. The minimum atomic E-state index is -0.568. The molecule has 0 aliphatic rings. The van der Waals surface area contributed by atoms with E-state index in [1.54, 1.807) is 84.5 Å². The number of nitriles is 2. The molecule has 7 N–H and O–H groups in total. The number of terminal acetylenes is 1. The number of hydrogen-bond acceptors (Lipinski definition) is 18. The van der Waals surface area contributed by atoms with Gasteiger partial charge in [0.2, 0.25) is 11.9 Å². The molecule has 0 fully saturated rings. The summed E-state index contributed by atoms with van der Waals surface area (Å²) in [5.41, 5.74) is 31.9. The molecular weight excluding hydrogens is 1060 g/mol. The topological polar surface area (TPSA) is 343 Å². The van der Waals surface area contributed by atoms with E-state index in [1.807, 2.05) is 66.7 Å². The van der Waals surface area contributed by atoms with Gasteiger partial charge in [-0.1, -0.05) is 121 Å². The van der Waals surface area contributed by atoms with Crippen LogP contribution in [0.1, 0.15) is 150 Å². The van der Waals surface area contributed by atoms with Crippen LogP contribution in [0.4, 0.5) is 11.9 Å². The quantitative estimate of drug-likeness (QED) is 0.0310. The zero-order valence-corrected chi connectivity index (χ0v) is 46.6. The molecule has 9 aromatic rings. The van der Waals surface area contributed by atoms with E-state index in [-0.39, 0.29) is 40.0 Å². The van der Waals surface area contributed by atoms with Gasteiger partial charge in [0.1, 0.15) is 11.4 Å². The molecule has 7 aromatic heterocycles. The van der Waals surface area contributed by atoms with Gasteiger partial charge in [-0.25, -0.2) is 24.6 Å². The minimum absolute atomic E-state index is 0. The number of benzene rings is 2. The van der Waals surface area contributed by atoms with E-state index in [0.717, 1.165) is 45.3 Å². The van der Waals surface area contributed by atoms with Gasteiger partial charge in [0, 0.05) is 38.8 Å². The SMILES string of the molecule is C.C.C#Cc1cc(-c2cccc(C#N)c2)nc(N)n1.CC(C)c1cccc(CN=[N+]=[N-])n1.CC(C)c1cccc(CO)n1.CC(C)c1cccc(Cn2cc(-c3cc(-c4cccc(C#N)c4)nc(N)n3)nn2)n1.CC(O)c1cccc(CO)n1. The first-order valence-corrected chi connectivity index (χ1v) is 25.9. The maximum absolute atomic E-state index is 9.13. The molecule has 0 saturated heterocycles. The fourth-order valence-electron chi connectivity index (χ4n) is 7.23. The number of aliphatic hydroxyl groups excluding tert-OH is 3. The molecule has 0 saturated carbocycles. The molecule has 1 unspecified atom stereocenters. The van der Waals surface area contributed by atoms with Gasteiger partial charge in [-0.15, -0.1) is 11.5 Å². The summed E-state index contributed by atoms with van der Waals surface area (Å²) in [6.07, 6.45) is 6.51. The molecule has 0 amide bonds. The average Bonchev–Trinajstić information content (AvgIpc) is 4.17. The third kappa shape index (κ3) is 21.6. The number of aliphatic hydroxyl groups is 3. The number of pyridine rings is 4. The number of anilines is 2. The predicted molar refractivity (Wildman–Crippen MR) is 327 cm³/mol. The zero-order chi connectivity index (χ0) is 59.6. The lowest BCUT2D eigenvalue weighted by atomic mass is 10.1. The van der Waals surface area contributed by atoms with Gasteiger partial charge in [0.15, 0.2) is 0 Å². The van der Waals surface area contributed by atoms with Crippen LogP contribution in [0, 0.1) is 35.0 Å². The lowest BCUT2D eigenvalue weighted by Crippen LogP contribution is -2.04. The summed E-state index contributed by atoms with van der Waals surface area (Å²) in [6, 6.07) is 44.6. The molecule has 21 nitrogen and oxygen atoms in total. The monoisotopic (exact) mass is 1130 g/mol. The first-order chi connectivity index (χ1) is 39.4. The lowest BCUT2D eigenvalue weighted by molar-refractivity contribution is 0.193. The highest BCUT2D eigenvalue weighted by atomic mass is 16.3. The number of nitrogen functional groups attached to an aromatic ring is 2. The average molecular weight is 1130 g/mol. The van der Waals surface area contributed by atoms with Crippen LogP contribution in [0.5, 0.6) is 0 Å². The molecule has 9 rings (SSSR count). The van der Waals surface area contributed by atoms with Crippen molar-refractivity contribution in [2.24, 2.45) is 5.11 Å². The van der Waals surface area contributed by atoms with Gasteiger partial charge in [-0.3, -0.25) is 19.9 Å². The van der Waals surface area contributed by atoms with Gasteiger partial charge < -0.3 is 26.8 Å². The van der Waals surface area contributed by atoms with Gasteiger partial charge in [-0.2, -0.15) is 10.5 Å². The standard InChI is InChI=1S/C22H20N8.C13H8N4.C9H12N4.C9H13NO.C8H11NO2.2CH4/c1-14(2)18-8-4-7-17(25-18)12-30-13-21(28-29-30)20-10-19(26-22(24)27-20)16-6-3-5-15(9-16)11-23;1-2-11-7-12(17-13(15)16-11)10-5-3-4-9(6-10)8-14;1-7(2)9-5-3-4-8(12-9)6-11-13-10;1-7(2)9-5-3-4-8(6-11)10-9;1-6(11)8-4-2-3-7(5-10)9-8;;/h3-10,13-14H,12H2,1-2H3,(H2,24,26,27);1,3-7H,(H2,15,16,17);3-5,7H,6H2,1-2H3;3-5,7,11H,6H2,1-2H3;2-4,6,10-11H,5H2,1H3;2*1H4. The third-order valence-electron chi connectivity index (χ3n) is 11.5. The molecule has 0 aliphatic carbocycles. The molecule has 21 heteroatoms. The molecule has 2 aromatic carbocycles. The van der Waals surface area contributed by atoms with Crippen molar-refractivity contribution >= 4 is 11.9 Å². The van der Waals surface area contributed by atoms with E-state index < -0.39 is 6.10 Å². The zero-order valence-electron chi connectivity index (χ0n) is 46.6. The molecule has 0 spiro atoms. The van der Waals surface area contributed by atoms with Crippen molar-refractivity contribution in [2.45, 2.75) is 113 Å². The highest BCUT2D eigenvalue weighted by Crippen LogP contribution is 2.25. The van der Waals surface area contributed by atoms with Crippen molar-refractivity contribution in [3.63, 3.8) is 0 Å². The maximum Gasteiger partial charge on any atom is 0.221 e. The molecule has 432 valence electrons. The van der Waals surface area contributed by atoms with E-state index in [0.29, 0.717) is 81.8 Å². The Bertz CT molecular complexity index is 3650. The molecule has 0 aliphatic heterocycles. The first kappa shape index (κ1) is 67.9. The predicted octanol–water partition coefficient (Wildman–Crippen LogP) is 11.6. The minimum Gasteiger partial charge on any atom is -0.390 e. The van der Waals surface area contributed by atoms with Crippen LogP contribution >= 0.6 is 0 Å². The van der Waals surface area contributed by atoms with Crippen molar-refractivity contribution in [3.05, 3.63) is 212 Å². The summed E-state index contributed by atoms with van der Waals surface area (Å²) in [6.45, 7) is 15.0. The Morgan fingerprint density at radius 1 is 0.560 bits per heavy atom. The Balaban J connectivity index is 0.000000293. The van der Waals surface area contributed by atoms with Crippen LogP contribution < -0.4 is 11.5 Å². The van der Waals surface area contributed by atoms with Crippen LogP contribution in [0.2, 0.25) is 0 Å². The number of hydrogen-bond donors (Lipinski definition) is 5. The van der Waals surface area contributed by atoms with E-state index in [9.17, 15) is 0 Å². The molecule has 7 heterocycles. The maximum atomic E-state index is 9.13. The van der Waals surface area contributed by atoms with Crippen LogP contribution in [0.3, 0.4) is 0 Å². The van der Waals surface area contributed by atoms with Crippen LogP contribution in [0.15, 0.2) is 145 Å². The molecule has 0 bridgehead atoms. The number of azide groups is 1. The third-order valence-corrected chi connectivity index (χ3v) is 11.5. The highest BCUT2D eigenvalue weighted by molar-refractivity contribution is 5.68. The summed E-state index contributed by atoms with van der Waals surface area (Å²) in [5, 5.41) is 56.4. The van der Waals surface area contributed by atoms with E-state index in [2.05, 4.69) is 120 Å². The van der Waals surface area contributed by atoms with E-state index in [4.69, 9.17) is 49.3 Å². The van der Waals surface area contributed by atoms with E-state index in [1.165, 1.54) is 0 Å². The number of rotatable bonds is 13. The lowest BCUT2D eigenvalue weighted by Gasteiger charge is -2.06. The Hall–Kier alpha value is -10.3. The van der Waals surface area contributed by atoms with Crippen molar-refractivity contribution in [3.8, 4) is 58.4 Å². The fraction of sp³-hybridized carbons (Fsp3) is 0.270. The Kier molecular flexibility index (Phi) is 28.1. The number of nitrogens with zero attached hydrogens (tertiary/aromatic N) is 16. The second-order valence-corrected chi connectivity index (χ2v) is 18.9. The smallest absolute Gasteiger partial charge is 0.221 e. The van der Waals surface area contributed by atoms with Crippen molar-refractivity contribution in [2.75, 3.05) is 11.5 Å². The van der Waals surface area contributed by atoms with E-state index >= 15 is 0 Å². The van der Waals surface area contributed by atoms with Gasteiger partial charge >= 0.3 is 0 Å². The second kappa shape index (κ2) is 34.7. The molecular formula is C63H72N18O3. The Labute approximate surface area is 491 Å².